The van der Waals surface area contributed by atoms with Gasteiger partial charge in [-0.3, -0.25) is 4.79 Å². The zero-order chi connectivity index (χ0) is 13.1. The predicted octanol–water partition coefficient (Wildman–Crippen LogP) is 3.52. The number of carbonyl (C=O) groups is 1. The Morgan fingerprint density at radius 2 is 1.94 bits per heavy atom. The summed E-state index contributed by atoms with van der Waals surface area (Å²) in [6, 6.07) is 6.34. The Morgan fingerprint density at radius 3 is 2.50 bits per heavy atom. The molecule has 18 heavy (non-hydrogen) atoms. The number of amides is 1. The molecule has 5 heteroatoms. The van der Waals surface area contributed by atoms with E-state index in [0.717, 1.165) is 23.1 Å². The number of hydrogen-bond donors (Lipinski definition) is 1. The van der Waals surface area contributed by atoms with Crippen molar-refractivity contribution in [3.8, 4) is 0 Å². The van der Waals surface area contributed by atoms with Crippen LogP contribution in [0.4, 0.5) is 8.78 Å². The molecule has 1 heterocycles. The van der Waals surface area contributed by atoms with Gasteiger partial charge >= 0.3 is 0 Å². The van der Waals surface area contributed by atoms with Gasteiger partial charge in [-0.15, -0.1) is 11.3 Å². The summed E-state index contributed by atoms with van der Waals surface area (Å²) in [5, 5.41) is 4.59. The second-order valence-electron chi connectivity index (χ2n) is 3.87. The largest absolute Gasteiger partial charge is 0.345 e. The molecule has 0 spiro atoms. The molecule has 1 atom stereocenters. The summed E-state index contributed by atoms with van der Waals surface area (Å²) in [6.45, 7) is 1.82. The maximum atomic E-state index is 13.0. The fourth-order valence-corrected chi connectivity index (χ4v) is 2.31. The molecule has 0 aliphatic heterocycles. The van der Waals surface area contributed by atoms with E-state index in [0.29, 0.717) is 0 Å². The number of hydrogen-bond acceptors (Lipinski definition) is 2. The van der Waals surface area contributed by atoms with Gasteiger partial charge in [-0.25, -0.2) is 8.78 Å². The van der Waals surface area contributed by atoms with Gasteiger partial charge in [0.25, 0.3) is 5.91 Å². The minimum absolute atomic E-state index is 0.0177. The highest BCUT2D eigenvalue weighted by Gasteiger charge is 2.13. The lowest BCUT2D eigenvalue weighted by Gasteiger charge is -2.12. The minimum Gasteiger partial charge on any atom is -0.345 e. The van der Waals surface area contributed by atoms with Crippen molar-refractivity contribution in [3.63, 3.8) is 0 Å². The van der Waals surface area contributed by atoms with E-state index in [4.69, 9.17) is 0 Å². The van der Waals surface area contributed by atoms with Crippen LogP contribution >= 0.6 is 11.3 Å². The van der Waals surface area contributed by atoms with Crippen molar-refractivity contribution >= 4 is 17.2 Å². The summed E-state index contributed by atoms with van der Waals surface area (Å²) in [5.41, 5.74) is -0.0177. The van der Waals surface area contributed by atoms with Crippen LogP contribution in [0.25, 0.3) is 0 Å². The monoisotopic (exact) mass is 267 g/mol. The van der Waals surface area contributed by atoms with Crippen molar-refractivity contribution in [1.82, 2.24) is 5.32 Å². The molecule has 2 nitrogen and oxygen atoms in total. The van der Waals surface area contributed by atoms with E-state index in [2.05, 4.69) is 5.32 Å². The average Bonchev–Trinajstić information content (AvgIpc) is 2.80. The number of carbonyl (C=O) groups excluding carboxylic acids is 1. The molecule has 1 aromatic heterocycles. The first kappa shape index (κ1) is 12.7. The molecular formula is C13H11F2NOS. The smallest absolute Gasteiger partial charge is 0.251 e. The maximum absolute atomic E-state index is 13.0. The van der Waals surface area contributed by atoms with Crippen LogP contribution in [0.5, 0.6) is 0 Å². The van der Waals surface area contributed by atoms with E-state index in [-0.39, 0.29) is 11.6 Å². The van der Waals surface area contributed by atoms with Gasteiger partial charge in [0.2, 0.25) is 0 Å². The van der Waals surface area contributed by atoms with Crippen molar-refractivity contribution in [3.05, 3.63) is 57.8 Å². The van der Waals surface area contributed by atoms with E-state index in [9.17, 15) is 13.6 Å². The van der Waals surface area contributed by atoms with Crippen molar-refractivity contribution in [1.29, 1.82) is 0 Å². The summed E-state index contributed by atoms with van der Waals surface area (Å²) in [5.74, 6) is -2.01. The van der Waals surface area contributed by atoms with Gasteiger partial charge in [0.15, 0.2) is 0 Å². The Hall–Kier alpha value is -1.75. The highest BCUT2D eigenvalue weighted by molar-refractivity contribution is 7.10. The summed E-state index contributed by atoms with van der Waals surface area (Å²) in [7, 11) is 0. The molecule has 2 aromatic rings. The number of benzene rings is 1. The van der Waals surface area contributed by atoms with Gasteiger partial charge in [0.1, 0.15) is 11.6 Å². The number of halogens is 2. The van der Waals surface area contributed by atoms with Crippen molar-refractivity contribution in [2.75, 3.05) is 0 Å². The molecule has 94 valence electrons. The summed E-state index contributed by atoms with van der Waals surface area (Å²) < 4.78 is 26.0. The van der Waals surface area contributed by atoms with E-state index in [1.165, 1.54) is 11.3 Å². The first-order valence-corrected chi connectivity index (χ1v) is 6.24. The van der Waals surface area contributed by atoms with Gasteiger partial charge in [-0.2, -0.15) is 0 Å². The maximum Gasteiger partial charge on any atom is 0.251 e. The second-order valence-corrected chi connectivity index (χ2v) is 4.85. The van der Waals surface area contributed by atoms with E-state index in [1.807, 2.05) is 24.4 Å². The molecule has 0 saturated carbocycles. The molecule has 1 unspecified atom stereocenters. The minimum atomic E-state index is -0.760. The van der Waals surface area contributed by atoms with E-state index >= 15 is 0 Å². The van der Waals surface area contributed by atoms with E-state index < -0.39 is 17.5 Å². The van der Waals surface area contributed by atoms with Crippen molar-refractivity contribution < 1.29 is 13.6 Å². The highest BCUT2D eigenvalue weighted by Crippen LogP contribution is 2.19. The Labute approximate surface area is 107 Å². The lowest BCUT2D eigenvalue weighted by Crippen LogP contribution is -2.26. The molecule has 1 aromatic carbocycles. The van der Waals surface area contributed by atoms with Crippen LogP contribution in [0.15, 0.2) is 35.7 Å². The van der Waals surface area contributed by atoms with Gasteiger partial charge in [0, 0.05) is 16.5 Å². The molecule has 0 radical (unpaired) electrons. The zero-order valence-electron chi connectivity index (χ0n) is 9.61. The normalized spacial score (nSPS) is 12.2. The van der Waals surface area contributed by atoms with E-state index in [1.54, 1.807) is 0 Å². The van der Waals surface area contributed by atoms with Crippen molar-refractivity contribution in [2.45, 2.75) is 13.0 Å². The lowest BCUT2D eigenvalue weighted by molar-refractivity contribution is 0.0939. The topological polar surface area (TPSA) is 29.1 Å². The third-order valence-corrected chi connectivity index (χ3v) is 3.50. The van der Waals surface area contributed by atoms with Gasteiger partial charge < -0.3 is 5.32 Å². The number of nitrogens with one attached hydrogen (secondary N) is 1. The van der Waals surface area contributed by atoms with Gasteiger partial charge in [0.05, 0.1) is 6.04 Å². The lowest BCUT2D eigenvalue weighted by atomic mass is 10.2. The fourth-order valence-electron chi connectivity index (χ4n) is 1.57. The van der Waals surface area contributed by atoms with Crippen LogP contribution in [0, 0.1) is 11.6 Å². The summed E-state index contributed by atoms with van der Waals surface area (Å²) in [4.78, 5) is 12.8. The molecule has 1 N–H and O–H groups in total. The number of rotatable bonds is 3. The molecule has 1 amide bonds. The van der Waals surface area contributed by atoms with Crippen molar-refractivity contribution in [2.24, 2.45) is 0 Å². The predicted molar refractivity (Wildman–Crippen MR) is 66.6 cm³/mol. The first-order valence-electron chi connectivity index (χ1n) is 5.36. The average molecular weight is 267 g/mol. The van der Waals surface area contributed by atoms with Gasteiger partial charge in [-0.1, -0.05) is 6.07 Å². The summed E-state index contributed by atoms with van der Waals surface area (Å²) in [6.07, 6.45) is 0. The SMILES string of the molecule is CC(NC(=O)c1cc(F)cc(F)c1)c1cccs1. The Balaban J connectivity index is 2.12. The van der Waals surface area contributed by atoms with Crippen LogP contribution in [-0.2, 0) is 0 Å². The fraction of sp³-hybridized carbons (Fsp3) is 0.154. The van der Waals surface area contributed by atoms with Gasteiger partial charge in [-0.05, 0) is 30.5 Å². The molecule has 2 rings (SSSR count). The number of thiophene rings is 1. The molecule has 0 fully saturated rings. The molecule has 0 aliphatic rings. The van der Waals surface area contributed by atoms with Crippen LogP contribution in [0.3, 0.4) is 0 Å². The second kappa shape index (κ2) is 5.27. The Morgan fingerprint density at radius 1 is 1.28 bits per heavy atom. The third-order valence-electron chi connectivity index (χ3n) is 2.44. The molecule has 0 aliphatic carbocycles. The van der Waals surface area contributed by atoms with Crippen LogP contribution in [-0.4, -0.2) is 5.91 Å². The molecule has 0 bridgehead atoms. The van der Waals surface area contributed by atoms with Crippen LogP contribution in [0.1, 0.15) is 28.2 Å². The third kappa shape index (κ3) is 2.92. The Bertz CT molecular complexity index is 534. The highest BCUT2D eigenvalue weighted by atomic mass is 32.1. The molecule has 0 saturated heterocycles. The first-order chi connectivity index (χ1) is 8.56. The molecular weight excluding hydrogens is 256 g/mol. The van der Waals surface area contributed by atoms with Crippen LogP contribution < -0.4 is 5.32 Å². The van der Waals surface area contributed by atoms with Crippen LogP contribution in [0.2, 0.25) is 0 Å². The standard InChI is InChI=1S/C13H11F2NOS/c1-8(12-3-2-4-18-12)16-13(17)9-5-10(14)7-11(15)6-9/h2-8H,1H3,(H,16,17). The summed E-state index contributed by atoms with van der Waals surface area (Å²) >= 11 is 1.51. The Kier molecular flexibility index (Phi) is 3.72. The zero-order valence-corrected chi connectivity index (χ0v) is 10.4. The quantitative estimate of drug-likeness (QED) is 0.905.